The van der Waals surface area contributed by atoms with Crippen LogP contribution in [-0.4, -0.2) is 65.1 Å². The average molecular weight is 271 g/mol. The molecule has 0 aromatic carbocycles. The number of aliphatic carboxylic acids is 2. The van der Waals surface area contributed by atoms with Crippen LogP contribution in [0.3, 0.4) is 0 Å². The molecule has 9 heteroatoms. The fourth-order valence-corrected chi connectivity index (χ4v) is 1.85. The summed E-state index contributed by atoms with van der Waals surface area (Å²) in [6.45, 7) is 1.69. The number of morpholine rings is 1. The number of ether oxygens (including phenoxy) is 1. The molecule has 2 atom stereocenters. The lowest BCUT2D eigenvalue weighted by Crippen LogP contribution is -2.40. The number of rotatable bonds is 2. The van der Waals surface area contributed by atoms with Gasteiger partial charge in [0, 0.05) is 12.6 Å². The molecule has 6 nitrogen and oxygen atoms in total. The first-order valence-corrected chi connectivity index (χ1v) is 5.07. The van der Waals surface area contributed by atoms with E-state index in [-0.39, 0.29) is 6.54 Å². The lowest BCUT2D eigenvalue weighted by molar-refractivity contribution is -0.192. The number of carboxylic acids is 2. The van der Waals surface area contributed by atoms with Crippen LogP contribution in [0.2, 0.25) is 0 Å². The molecule has 0 saturated carbocycles. The zero-order valence-corrected chi connectivity index (χ0v) is 9.18. The second-order valence-electron chi connectivity index (χ2n) is 3.97. The predicted molar refractivity (Wildman–Crippen MR) is 51.0 cm³/mol. The number of likely N-dealkylation sites (tertiary alicyclic amines) is 1. The van der Waals surface area contributed by atoms with Crippen molar-refractivity contribution in [3.63, 3.8) is 0 Å². The zero-order valence-electron chi connectivity index (χ0n) is 9.18. The lowest BCUT2D eigenvalue weighted by atomic mass is 10.2. The highest BCUT2D eigenvalue weighted by molar-refractivity contribution is 5.73. The Balaban J connectivity index is 0.000000203. The van der Waals surface area contributed by atoms with Crippen molar-refractivity contribution in [2.45, 2.75) is 24.7 Å². The minimum Gasteiger partial charge on any atom is -0.480 e. The number of hydrogen-bond donors (Lipinski definition) is 2. The van der Waals surface area contributed by atoms with Gasteiger partial charge >= 0.3 is 18.1 Å². The second-order valence-corrected chi connectivity index (χ2v) is 3.97. The third-order valence-corrected chi connectivity index (χ3v) is 2.59. The van der Waals surface area contributed by atoms with Crippen molar-refractivity contribution in [3.05, 3.63) is 0 Å². The van der Waals surface area contributed by atoms with Gasteiger partial charge in [-0.25, -0.2) is 4.79 Å². The predicted octanol–water partition coefficient (Wildman–Crippen LogP) is 0.177. The summed E-state index contributed by atoms with van der Waals surface area (Å²) in [7, 11) is 0. The van der Waals surface area contributed by atoms with Crippen LogP contribution in [0, 0.1) is 0 Å². The van der Waals surface area contributed by atoms with E-state index < -0.39 is 18.1 Å². The summed E-state index contributed by atoms with van der Waals surface area (Å²) in [5, 5.41) is 15.6. The summed E-state index contributed by atoms with van der Waals surface area (Å²) in [4.78, 5) is 21.2. The standard InChI is InChI=1S/C7H11NO3.C2HF3O2/c9-7(10)3-8-2-6-1-5(8)4-11-6;3-2(4,5)1(6)7/h5-6H,1-4H2,(H,9,10);(H,6,7)/t5-,6-;/m1./s1. The monoisotopic (exact) mass is 271 g/mol. The van der Waals surface area contributed by atoms with Gasteiger partial charge in [-0.2, -0.15) is 13.2 Å². The summed E-state index contributed by atoms with van der Waals surface area (Å²) < 4.78 is 37.1. The Morgan fingerprint density at radius 2 is 1.89 bits per heavy atom. The minimum atomic E-state index is -5.08. The van der Waals surface area contributed by atoms with E-state index in [1.807, 2.05) is 4.90 Å². The van der Waals surface area contributed by atoms with Crippen molar-refractivity contribution < 1.29 is 37.7 Å². The maximum atomic E-state index is 10.6. The number of hydrogen-bond acceptors (Lipinski definition) is 4. The van der Waals surface area contributed by atoms with E-state index in [9.17, 15) is 18.0 Å². The van der Waals surface area contributed by atoms with Gasteiger partial charge in [0.1, 0.15) is 0 Å². The maximum absolute atomic E-state index is 10.6. The van der Waals surface area contributed by atoms with Crippen LogP contribution in [0.4, 0.5) is 13.2 Å². The molecule has 0 aromatic heterocycles. The highest BCUT2D eigenvalue weighted by atomic mass is 19.4. The molecule has 2 rings (SSSR count). The molecule has 0 unspecified atom stereocenters. The molecule has 0 aliphatic carbocycles. The molecule has 2 aliphatic rings. The molecule has 2 fully saturated rings. The molecule has 0 aromatic rings. The van der Waals surface area contributed by atoms with Crippen LogP contribution in [0.5, 0.6) is 0 Å². The first-order chi connectivity index (χ1) is 8.20. The van der Waals surface area contributed by atoms with Crippen molar-refractivity contribution in [2.75, 3.05) is 19.7 Å². The van der Waals surface area contributed by atoms with Crippen LogP contribution in [-0.2, 0) is 14.3 Å². The number of alkyl halides is 3. The normalized spacial score (nSPS) is 26.6. The van der Waals surface area contributed by atoms with Crippen molar-refractivity contribution in [1.29, 1.82) is 0 Å². The summed E-state index contributed by atoms with van der Waals surface area (Å²) >= 11 is 0. The molecule has 2 N–H and O–H groups in total. The van der Waals surface area contributed by atoms with Crippen LogP contribution in [0.15, 0.2) is 0 Å². The van der Waals surface area contributed by atoms with Crippen molar-refractivity contribution >= 4 is 11.9 Å². The quantitative estimate of drug-likeness (QED) is 0.745. The zero-order chi connectivity index (χ0) is 13.9. The number of carbonyl (C=O) groups is 2. The molecule has 2 bridgehead atoms. The maximum Gasteiger partial charge on any atom is 0.490 e. The van der Waals surface area contributed by atoms with Gasteiger partial charge in [-0.3, -0.25) is 9.69 Å². The smallest absolute Gasteiger partial charge is 0.480 e. The van der Waals surface area contributed by atoms with Gasteiger partial charge in [0.25, 0.3) is 0 Å². The minimum absolute atomic E-state index is 0.171. The van der Waals surface area contributed by atoms with Gasteiger partial charge in [-0.05, 0) is 6.42 Å². The topological polar surface area (TPSA) is 87.1 Å². The fraction of sp³-hybridized carbons (Fsp3) is 0.778. The molecule has 0 radical (unpaired) electrons. The highest BCUT2D eigenvalue weighted by Gasteiger charge is 2.39. The largest absolute Gasteiger partial charge is 0.490 e. The molecule has 0 amide bonds. The van der Waals surface area contributed by atoms with Gasteiger partial charge in [-0.15, -0.1) is 0 Å². The van der Waals surface area contributed by atoms with E-state index in [2.05, 4.69) is 0 Å². The van der Waals surface area contributed by atoms with Gasteiger partial charge in [0.05, 0.1) is 19.3 Å². The number of fused-ring (bicyclic) bond motifs is 2. The molecular formula is C9H12F3NO5. The third kappa shape index (κ3) is 4.15. The summed E-state index contributed by atoms with van der Waals surface area (Å²) in [5.41, 5.74) is 0. The summed E-state index contributed by atoms with van der Waals surface area (Å²) in [6.07, 6.45) is -3.76. The Morgan fingerprint density at radius 3 is 2.17 bits per heavy atom. The van der Waals surface area contributed by atoms with E-state index in [0.29, 0.717) is 12.1 Å². The summed E-state index contributed by atoms with van der Waals surface area (Å²) in [6, 6.07) is 0.371. The van der Waals surface area contributed by atoms with Crippen LogP contribution in [0.25, 0.3) is 0 Å². The van der Waals surface area contributed by atoms with Gasteiger partial charge in [0.2, 0.25) is 0 Å². The Kier molecular flexibility index (Phi) is 4.52. The molecular weight excluding hydrogens is 259 g/mol. The molecule has 104 valence electrons. The van der Waals surface area contributed by atoms with Crippen molar-refractivity contribution in [2.24, 2.45) is 0 Å². The SMILES string of the molecule is O=C(O)C(F)(F)F.O=C(O)CN1C[C@H]2C[C@@H]1CO2. The second kappa shape index (κ2) is 5.53. The van der Waals surface area contributed by atoms with Gasteiger partial charge in [-0.1, -0.05) is 0 Å². The van der Waals surface area contributed by atoms with Gasteiger partial charge in [0.15, 0.2) is 0 Å². The van der Waals surface area contributed by atoms with Crippen LogP contribution in [0.1, 0.15) is 6.42 Å². The summed E-state index contributed by atoms with van der Waals surface area (Å²) in [5.74, 6) is -3.50. The Hall–Kier alpha value is -1.35. The van der Waals surface area contributed by atoms with Crippen molar-refractivity contribution in [1.82, 2.24) is 4.90 Å². The molecule has 2 aliphatic heterocycles. The van der Waals surface area contributed by atoms with E-state index in [0.717, 1.165) is 19.6 Å². The highest BCUT2D eigenvalue weighted by Crippen LogP contribution is 2.26. The van der Waals surface area contributed by atoms with Crippen LogP contribution >= 0.6 is 0 Å². The van der Waals surface area contributed by atoms with E-state index in [1.54, 1.807) is 0 Å². The molecule has 2 heterocycles. The Bertz CT molecular complexity index is 333. The first-order valence-electron chi connectivity index (χ1n) is 5.07. The lowest BCUT2D eigenvalue weighted by Gasteiger charge is -2.24. The van der Waals surface area contributed by atoms with Crippen LogP contribution < -0.4 is 0 Å². The van der Waals surface area contributed by atoms with E-state index in [1.165, 1.54) is 0 Å². The number of nitrogens with zero attached hydrogens (tertiary/aromatic N) is 1. The van der Waals surface area contributed by atoms with Crippen molar-refractivity contribution in [3.8, 4) is 0 Å². The molecule has 18 heavy (non-hydrogen) atoms. The number of carboxylic acid groups (broad SMARTS) is 2. The number of halogens is 3. The Labute approximate surface area is 99.9 Å². The van der Waals surface area contributed by atoms with E-state index in [4.69, 9.17) is 19.7 Å². The average Bonchev–Trinajstić information content (AvgIpc) is 2.77. The Morgan fingerprint density at radius 1 is 1.33 bits per heavy atom. The molecule has 0 spiro atoms. The third-order valence-electron chi connectivity index (χ3n) is 2.59. The fourth-order valence-electron chi connectivity index (χ4n) is 1.85. The van der Waals surface area contributed by atoms with E-state index >= 15 is 0 Å². The molecule has 2 saturated heterocycles. The van der Waals surface area contributed by atoms with Gasteiger partial charge < -0.3 is 14.9 Å². The first kappa shape index (κ1) is 14.7.